The summed E-state index contributed by atoms with van der Waals surface area (Å²) in [4.78, 5) is 0. The van der Waals surface area contributed by atoms with Gasteiger partial charge in [-0.15, -0.1) is 0 Å². The second-order valence-electron chi connectivity index (χ2n) is 4.42. The molecule has 1 rings (SSSR count). The third-order valence-electron chi connectivity index (χ3n) is 3.67. The molecular formula is C11H19N. The molecule has 1 saturated carbocycles. The highest BCUT2D eigenvalue weighted by molar-refractivity contribution is 4.86. The van der Waals surface area contributed by atoms with Crippen molar-refractivity contribution in [3.05, 3.63) is 0 Å². The van der Waals surface area contributed by atoms with Crippen LogP contribution in [0.25, 0.3) is 0 Å². The molecule has 12 heavy (non-hydrogen) atoms. The van der Waals surface area contributed by atoms with Gasteiger partial charge in [0, 0.05) is 6.42 Å². The molecule has 1 fully saturated rings. The van der Waals surface area contributed by atoms with Crippen molar-refractivity contribution in [1.82, 2.24) is 0 Å². The van der Waals surface area contributed by atoms with Gasteiger partial charge in [0.2, 0.25) is 0 Å². The van der Waals surface area contributed by atoms with E-state index >= 15 is 0 Å². The van der Waals surface area contributed by atoms with Gasteiger partial charge >= 0.3 is 0 Å². The summed E-state index contributed by atoms with van der Waals surface area (Å²) in [5.74, 6) is 3.11. The maximum absolute atomic E-state index is 8.60. The highest BCUT2D eigenvalue weighted by atomic mass is 14.4. The minimum absolute atomic E-state index is 0.606. The van der Waals surface area contributed by atoms with Gasteiger partial charge in [-0.1, -0.05) is 27.2 Å². The van der Waals surface area contributed by atoms with Crippen LogP contribution in [0.2, 0.25) is 0 Å². The fourth-order valence-electron chi connectivity index (χ4n) is 2.50. The first-order valence-corrected chi connectivity index (χ1v) is 5.03. The monoisotopic (exact) mass is 165 g/mol. The van der Waals surface area contributed by atoms with E-state index in [1.807, 2.05) is 0 Å². The summed E-state index contributed by atoms with van der Waals surface area (Å²) in [5, 5.41) is 8.60. The molecule has 1 heteroatoms. The van der Waals surface area contributed by atoms with E-state index in [4.69, 9.17) is 5.26 Å². The molecule has 4 atom stereocenters. The number of nitrogens with zero attached hydrogens (tertiary/aromatic N) is 1. The normalized spacial score (nSPS) is 37.7. The van der Waals surface area contributed by atoms with Gasteiger partial charge in [-0.25, -0.2) is 0 Å². The number of hydrogen-bond donors (Lipinski definition) is 0. The van der Waals surface area contributed by atoms with E-state index in [9.17, 15) is 0 Å². The molecule has 68 valence electrons. The Balaban J connectivity index is 2.48. The summed E-state index contributed by atoms with van der Waals surface area (Å²) in [5.41, 5.74) is 0. The molecule has 1 aliphatic rings. The van der Waals surface area contributed by atoms with Crippen LogP contribution in [-0.4, -0.2) is 0 Å². The lowest BCUT2D eigenvalue weighted by Crippen LogP contribution is -2.16. The molecule has 0 aromatic carbocycles. The van der Waals surface area contributed by atoms with Crippen molar-refractivity contribution in [3.8, 4) is 6.07 Å². The van der Waals surface area contributed by atoms with Crippen molar-refractivity contribution in [2.75, 3.05) is 0 Å². The standard InChI is InChI=1S/C11H19N/c1-8-4-5-11(10(8)3)9(2)6-7-12/h8-11H,4-6H2,1-3H3. The zero-order chi connectivity index (χ0) is 9.14. The van der Waals surface area contributed by atoms with Gasteiger partial charge in [0.1, 0.15) is 0 Å². The molecule has 0 aromatic heterocycles. The lowest BCUT2D eigenvalue weighted by atomic mass is 9.82. The molecule has 4 unspecified atom stereocenters. The van der Waals surface area contributed by atoms with Crippen LogP contribution in [0.3, 0.4) is 0 Å². The van der Waals surface area contributed by atoms with Gasteiger partial charge in [0.05, 0.1) is 6.07 Å². The van der Waals surface area contributed by atoms with Crippen LogP contribution in [-0.2, 0) is 0 Å². The Labute approximate surface area is 75.8 Å². The van der Waals surface area contributed by atoms with Crippen LogP contribution in [0.5, 0.6) is 0 Å². The van der Waals surface area contributed by atoms with Gasteiger partial charge in [0.25, 0.3) is 0 Å². The van der Waals surface area contributed by atoms with Gasteiger partial charge in [0.15, 0.2) is 0 Å². The minimum atomic E-state index is 0.606. The highest BCUT2D eigenvalue weighted by Gasteiger charge is 2.32. The van der Waals surface area contributed by atoms with E-state index in [1.165, 1.54) is 12.8 Å². The van der Waals surface area contributed by atoms with Gasteiger partial charge in [-0.3, -0.25) is 0 Å². The smallest absolute Gasteiger partial charge is 0.0624 e. The zero-order valence-electron chi connectivity index (χ0n) is 8.38. The summed E-state index contributed by atoms with van der Waals surface area (Å²) in [6, 6.07) is 2.28. The Kier molecular flexibility index (Phi) is 3.14. The van der Waals surface area contributed by atoms with Crippen molar-refractivity contribution in [3.63, 3.8) is 0 Å². The first-order chi connectivity index (χ1) is 5.66. The fraction of sp³-hybridized carbons (Fsp3) is 0.909. The largest absolute Gasteiger partial charge is 0.198 e. The molecule has 0 aliphatic heterocycles. The molecule has 0 radical (unpaired) electrons. The first kappa shape index (κ1) is 9.58. The van der Waals surface area contributed by atoms with Gasteiger partial charge < -0.3 is 0 Å². The van der Waals surface area contributed by atoms with E-state index in [0.29, 0.717) is 5.92 Å². The summed E-state index contributed by atoms with van der Waals surface area (Å²) < 4.78 is 0. The number of rotatable bonds is 2. The quantitative estimate of drug-likeness (QED) is 0.616. The molecule has 0 aromatic rings. The Morgan fingerprint density at radius 2 is 2.08 bits per heavy atom. The second kappa shape index (κ2) is 3.94. The number of nitriles is 1. The van der Waals surface area contributed by atoms with Crippen molar-refractivity contribution in [1.29, 1.82) is 5.26 Å². The maximum atomic E-state index is 8.60. The average molecular weight is 165 g/mol. The predicted molar refractivity (Wildman–Crippen MR) is 50.4 cm³/mol. The molecule has 0 saturated heterocycles. The Hall–Kier alpha value is -0.510. The van der Waals surface area contributed by atoms with E-state index in [2.05, 4.69) is 26.8 Å². The minimum Gasteiger partial charge on any atom is -0.198 e. The lowest BCUT2D eigenvalue weighted by molar-refractivity contribution is 0.269. The van der Waals surface area contributed by atoms with Crippen LogP contribution in [0, 0.1) is 35.0 Å². The number of hydrogen-bond acceptors (Lipinski definition) is 1. The topological polar surface area (TPSA) is 23.8 Å². The van der Waals surface area contributed by atoms with E-state index < -0.39 is 0 Å². The maximum Gasteiger partial charge on any atom is 0.0624 e. The van der Waals surface area contributed by atoms with Crippen molar-refractivity contribution < 1.29 is 0 Å². The van der Waals surface area contributed by atoms with Crippen LogP contribution < -0.4 is 0 Å². The average Bonchev–Trinajstić information content (AvgIpc) is 2.34. The molecule has 1 nitrogen and oxygen atoms in total. The first-order valence-electron chi connectivity index (χ1n) is 5.03. The van der Waals surface area contributed by atoms with Crippen molar-refractivity contribution >= 4 is 0 Å². The Bertz CT molecular complexity index is 180. The van der Waals surface area contributed by atoms with E-state index in [-0.39, 0.29) is 0 Å². The molecule has 0 heterocycles. The molecule has 0 spiro atoms. The van der Waals surface area contributed by atoms with Crippen LogP contribution in [0.4, 0.5) is 0 Å². The summed E-state index contributed by atoms with van der Waals surface area (Å²) in [6.07, 6.45) is 3.44. The molecule has 0 bridgehead atoms. The van der Waals surface area contributed by atoms with Crippen LogP contribution in [0.15, 0.2) is 0 Å². The zero-order valence-corrected chi connectivity index (χ0v) is 8.38. The summed E-state index contributed by atoms with van der Waals surface area (Å²) >= 11 is 0. The Morgan fingerprint density at radius 3 is 2.50 bits per heavy atom. The van der Waals surface area contributed by atoms with Gasteiger partial charge in [-0.05, 0) is 30.1 Å². The lowest BCUT2D eigenvalue weighted by Gasteiger charge is -2.22. The second-order valence-corrected chi connectivity index (χ2v) is 4.42. The Morgan fingerprint density at radius 1 is 1.42 bits per heavy atom. The molecule has 0 N–H and O–H groups in total. The van der Waals surface area contributed by atoms with Crippen LogP contribution >= 0.6 is 0 Å². The molecule has 1 aliphatic carbocycles. The third-order valence-corrected chi connectivity index (χ3v) is 3.67. The van der Waals surface area contributed by atoms with Crippen molar-refractivity contribution in [2.24, 2.45) is 23.7 Å². The summed E-state index contributed by atoms with van der Waals surface area (Å²) in [7, 11) is 0. The fourth-order valence-corrected chi connectivity index (χ4v) is 2.50. The third kappa shape index (κ3) is 1.80. The predicted octanol–water partition coefficient (Wildman–Crippen LogP) is 3.22. The van der Waals surface area contributed by atoms with E-state index in [1.54, 1.807) is 0 Å². The molecular weight excluding hydrogens is 146 g/mol. The SMILES string of the molecule is CC1CCC(C(C)CC#N)C1C. The van der Waals surface area contributed by atoms with E-state index in [0.717, 1.165) is 24.2 Å². The highest BCUT2D eigenvalue weighted by Crippen LogP contribution is 2.41. The molecule has 0 amide bonds. The van der Waals surface area contributed by atoms with Gasteiger partial charge in [-0.2, -0.15) is 5.26 Å². The van der Waals surface area contributed by atoms with Crippen molar-refractivity contribution in [2.45, 2.75) is 40.0 Å². The van der Waals surface area contributed by atoms with Crippen LogP contribution in [0.1, 0.15) is 40.0 Å². The summed E-state index contributed by atoms with van der Waals surface area (Å²) in [6.45, 7) is 6.91.